The number of nitrogens with one attached hydrogen (secondary N) is 2. The van der Waals surface area contributed by atoms with Crippen molar-refractivity contribution in [1.82, 2.24) is 15.5 Å². The van der Waals surface area contributed by atoms with Crippen molar-refractivity contribution in [3.8, 4) is 0 Å². The summed E-state index contributed by atoms with van der Waals surface area (Å²) in [5.74, 6) is 0.199. The summed E-state index contributed by atoms with van der Waals surface area (Å²) in [5, 5.41) is 6.35. The zero-order valence-corrected chi connectivity index (χ0v) is 9.30. The van der Waals surface area contributed by atoms with E-state index >= 15 is 0 Å². The molecule has 0 bridgehead atoms. The fourth-order valence-corrected chi connectivity index (χ4v) is 2.51. The van der Waals surface area contributed by atoms with Crippen LogP contribution >= 0.6 is 0 Å². The molecule has 2 fully saturated rings. The van der Waals surface area contributed by atoms with Gasteiger partial charge >= 0.3 is 0 Å². The third kappa shape index (κ3) is 3.18. The molecule has 1 amide bonds. The van der Waals surface area contributed by atoms with Gasteiger partial charge in [-0.15, -0.1) is 0 Å². The lowest BCUT2D eigenvalue weighted by atomic mass is 10.1. The van der Waals surface area contributed by atoms with Gasteiger partial charge in [0, 0.05) is 19.1 Å². The molecule has 0 radical (unpaired) electrons. The van der Waals surface area contributed by atoms with Crippen LogP contribution in [0.2, 0.25) is 0 Å². The quantitative estimate of drug-likeness (QED) is 0.639. The summed E-state index contributed by atoms with van der Waals surface area (Å²) in [7, 11) is 0. The van der Waals surface area contributed by atoms with Crippen LogP contribution in [0.5, 0.6) is 0 Å². The minimum Gasteiger partial charge on any atom is -0.355 e. The maximum atomic E-state index is 11.5. The summed E-state index contributed by atoms with van der Waals surface area (Å²) >= 11 is 0. The second-order valence-electron chi connectivity index (χ2n) is 4.51. The van der Waals surface area contributed by atoms with Gasteiger partial charge in [-0.25, -0.2) is 0 Å². The Kier molecular flexibility index (Phi) is 3.97. The lowest BCUT2D eigenvalue weighted by molar-refractivity contribution is -0.122. The van der Waals surface area contributed by atoms with Gasteiger partial charge in [0.25, 0.3) is 0 Å². The number of rotatable bonds is 1. The summed E-state index contributed by atoms with van der Waals surface area (Å²) < 4.78 is 0. The van der Waals surface area contributed by atoms with E-state index in [1.54, 1.807) is 0 Å². The normalized spacial score (nSPS) is 30.4. The fraction of sp³-hybridized carbons (Fsp3) is 0.909. The van der Waals surface area contributed by atoms with Crippen molar-refractivity contribution in [3.63, 3.8) is 0 Å². The van der Waals surface area contributed by atoms with Crippen molar-refractivity contribution in [2.24, 2.45) is 0 Å². The summed E-state index contributed by atoms with van der Waals surface area (Å²) in [6.07, 6.45) is 4.76. The zero-order chi connectivity index (χ0) is 10.5. The molecule has 4 nitrogen and oxygen atoms in total. The topological polar surface area (TPSA) is 44.4 Å². The molecule has 0 spiro atoms. The molecule has 2 N–H and O–H groups in total. The van der Waals surface area contributed by atoms with Gasteiger partial charge in [0.15, 0.2) is 0 Å². The maximum absolute atomic E-state index is 11.5. The molecule has 0 aromatic rings. The van der Waals surface area contributed by atoms with Gasteiger partial charge in [-0.2, -0.15) is 0 Å². The Morgan fingerprint density at radius 3 is 3.00 bits per heavy atom. The first-order chi connectivity index (χ1) is 7.36. The SMILES string of the molecule is O=C1CN(C2CCCNCC2)CCCN1. The van der Waals surface area contributed by atoms with E-state index < -0.39 is 0 Å². The Hall–Kier alpha value is -0.610. The number of hydrogen-bond acceptors (Lipinski definition) is 3. The highest BCUT2D eigenvalue weighted by Gasteiger charge is 2.23. The van der Waals surface area contributed by atoms with E-state index in [9.17, 15) is 4.79 Å². The average Bonchev–Trinajstić information content (AvgIpc) is 2.59. The molecule has 2 saturated heterocycles. The first kappa shape index (κ1) is 10.9. The maximum Gasteiger partial charge on any atom is 0.234 e. The molecular weight excluding hydrogens is 190 g/mol. The molecule has 0 aromatic carbocycles. The van der Waals surface area contributed by atoms with Crippen molar-refractivity contribution < 1.29 is 4.79 Å². The molecule has 4 heteroatoms. The smallest absolute Gasteiger partial charge is 0.234 e. The van der Waals surface area contributed by atoms with Gasteiger partial charge in [-0.05, 0) is 38.8 Å². The van der Waals surface area contributed by atoms with Gasteiger partial charge in [-0.1, -0.05) is 0 Å². The Morgan fingerprint density at radius 2 is 2.07 bits per heavy atom. The van der Waals surface area contributed by atoms with Gasteiger partial charge in [0.2, 0.25) is 5.91 Å². The first-order valence-electron chi connectivity index (χ1n) is 6.08. The largest absolute Gasteiger partial charge is 0.355 e. The van der Waals surface area contributed by atoms with Crippen LogP contribution in [0, 0.1) is 0 Å². The molecule has 0 aromatic heterocycles. The minimum atomic E-state index is 0.199. The van der Waals surface area contributed by atoms with E-state index in [1.807, 2.05) is 0 Å². The predicted octanol–water partition coefficient (Wildman–Crippen LogP) is -0.0496. The van der Waals surface area contributed by atoms with Gasteiger partial charge in [-0.3, -0.25) is 9.69 Å². The van der Waals surface area contributed by atoms with Crippen LogP contribution in [0.25, 0.3) is 0 Å². The van der Waals surface area contributed by atoms with Crippen LogP contribution in [0.4, 0.5) is 0 Å². The molecule has 1 unspecified atom stereocenters. The van der Waals surface area contributed by atoms with E-state index in [0.29, 0.717) is 12.6 Å². The van der Waals surface area contributed by atoms with Gasteiger partial charge < -0.3 is 10.6 Å². The number of hydrogen-bond donors (Lipinski definition) is 2. The molecule has 2 heterocycles. The summed E-state index contributed by atoms with van der Waals surface area (Å²) in [6, 6.07) is 0.615. The van der Waals surface area contributed by atoms with Gasteiger partial charge in [0.05, 0.1) is 6.54 Å². The highest BCUT2D eigenvalue weighted by molar-refractivity contribution is 5.78. The van der Waals surface area contributed by atoms with Crippen LogP contribution < -0.4 is 10.6 Å². The summed E-state index contributed by atoms with van der Waals surface area (Å²) in [6.45, 7) is 4.76. The highest BCUT2D eigenvalue weighted by Crippen LogP contribution is 2.14. The third-order valence-corrected chi connectivity index (χ3v) is 3.35. The standard InChI is InChI=1S/C11H21N3O/c15-11-9-14(8-2-6-13-11)10-3-1-5-12-7-4-10/h10,12H,1-9H2,(H,13,15). The Bertz CT molecular complexity index is 212. The van der Waals surface area contributed by atoms with E-state index in [0.717, 1.165) is 32.6 Å². The molecule has 0 saturated carbocycles. The second kappa shape index (κ2) is 5.47. The zero-order valence-electron chi connectivity index (χ0n) is 9.30. The molecule has 1 atom stereocenters. The fourth-order valence-electron chi connectivity index (χ4n) is 2.51. The van der Waals surface area contributed by atoms with E-state index in [-0.39, 0.29) is 5.91 Å². The number of amides is 1. The molecular formula is C11H21N3O. The lowest BCUT2D eigenvalue weighted by Gasteiger charge is -2.28. The van der Waals surface area contributed by atoms with Gasteiger partial charge in [0.1, 0.15) is 0 Å². The van der Waals surface area contributed by atoms with Crippen LogP contribution in [0.3, 0.4) is 0 Å². The van der Waals surface area contributed by atoms with E-state index in [4.69, 9.17) is 0 Å². The number of nitrogens with zero attached hydrogens (tertiary/aromatic N) is 1. The second-order valence-corrected chi connectivity index (χ2v) is 4.51. The number of carbonyl (C=O) groups excluding carboxylic acids is 1. The molecule has 0 aliphatic carbocycles. The van der Waals surface area contributed by atoms with Crippen LogP contribution in [-0.4, -0.2) is 49.6 Å². The number of carbonyl (C=O) groups is 1. The van der Waals surface area contributed by atoms with E-state index in [1.165, 1.54) is 19.3 Å². The van der Waals surface area contributed by atoms with Crippen LogP contribution in [0.1, 0.15) is 25.7 Å². The monoisotopic (exact) mass is 211 g/mol. The molecule has 15 heavy (non-hydrogen) atoms. The third-order valence-electron chi connectivity index (χ3n) is 3.35. The Morgan fingerprint density at radius 1 is 1.13 bits per heavy atom. The predicted molar refractivity (Wildman–Crippen MR) is 59.7 cm³/mol. The lowest BCUT2D eigenvalue weighted by Crippen LogP contribution is -2.40. The first-order valence-corrected chi connectivity index (χ1v) is 6.08. The minimum absolute atomic E-state index is 0.199. The highest BCUT2D eigenvalue weighted by atomic mass is 16.2. The molecule has 2 rings (SSSR count). The van der Waals surface area contributed by atoms with Crippen molar-refractivity contribution in [1.29, 1.82) is 0 Å². The van der Waals surface area contributed by atoms with Crippen molar-refractivity contribution in [2.75, 3.05) is 32.7 Å². The Balaban J connectivity index is 1.91. The van der Waals surface area contributed by atoms with Crippen molar-refractivity contribution >= 4 is 5.91 Å². The summed E-state index contributed by atoms with van der Waals surface area (Å²) in [5.41, 5.74) is 0. The van der Waals surface area contributed by atoms with E-state index in [2.05, 4.69) is 15.5 Å². The summed E-state index contributed by atoms with van der Waals surface area (Å²) in [4.78, 5) is 13.8. The molecule has 86 valence electrons. The molecule has 2 aliphatic rings. The average molecular weight is 211 g/mol. The van der Waals surface area contributed by atoms with Crippen LogP contribution in [-0.2, 0) is 4.79 Å². The van der Waals surface area contributed by atoms with Crippen LogP contribution in [0.15, 0.2) is 0 Å². The molecule has 2 aliphatic heterocycles. The Labute approximate surface area is 91.4 Å². The van der Waals surface area contributed by atoms with Crippen molar-refractivity contribution in [3.05, 3.63) is 0 Å². The van der Waals surface area contributed by atoms with Crippen molar-refractivity contribution in [2.45, 2.75) is 31.7 Å².